The van der Waals surface area contributed by atoms with Crippen molar-refractivity contribution in [2.75, 3.05) is 32.4 Å². The number of halogens is 1. The maximum atomic E-state index is 13.0. The minimum absolute atomic E-state index is 0. The molecule has 31 heavy (non-hydrogen) atoms. The second-order valence-electron chi connectivity index (χ2n) is 8.17. The zero-order chi connectivity index (χ0) is 21.1. The number of rotatable bonds is 6. The number of amides is 1. The molecule has 0 radical (unpaired) electrons. The number of nitrogens with zero attached hydrogens (tertiary/aromatic N) is 2. The standard InChI is InChI=1S/C23H28N2O4S.ClH/c1-30(27,28)22-12-10-21(11-13-22)29-20-8-6-18(7-9-20)23(26)25-16-4-5-19(25)17-24-14-2-3-15-24;/h6-13,19H,2-5,14-17H2,1H3;1H/t19-;/m0./s1. The lowest BCUT2D eigenvalue weighted by atomic mass is 10.1. The minimum atomic E-state index is -3.23. The highest BCUT2D eigenvalue weighted by atomic mass is 35.5. The van der Waals surface area contributed by atoms with E-state index in [4.69, 9.17) is 4.74 Å². The average molecular weight is 465 g/mol. The Balaban J connectivity index is 0.00000272. The molecule has 0 bridgehead atoms. The van der Waals surface area contributed by atoms with Crippen molar-refractivity contribution in [3.05, 3.63) is 54.1 Å². The van der Waals surface area contributed by atoms with Crippen molar-refractivity contribution in [3.63, 3.8) is 0 Å². The molecular formula is C23H29ClN2O4S. The highest BCUT2D eigenvalue weighted by Crippen LogP contribution is 2.26. The van der Waals surface area contributed by atoms with Crippen LogP contribution in [0.15, 0.2) is 53.4 Å². The molecule has 0 unspecified atom stereocenters. The molecule has 8 heteroatoms. The topological polar surface area (TPSA) is 66.9 Å². The highest BCUT2D eigenvalue weighted by molar-refractivity contribution is 7.90. The fourth-order valence-electron chi connectivity index (χ4n) is 4.28. The van der Waals surface area contributed by atoms with Gasteiger partial charge in [-0.05, 0) is 87.3 Å². The maximum absolute atomic E-state index is 13.0. The van der Waals surface area contributed by atoms with Crippen molar-refractivity contribution >= 4 is 28.2 Å². The van der Waals surface area contributed by atoms with Gasteiger partial charge in [-0.2, -0.15) is 0 Å². The largest absolute Gasteiger partial charge is 0.457 e. The van der Waals surface area contributed by atoms with E-state index in [1.54, 1.807) is 36.4 Å². The van der Waals surface area contributed by atoms with Crippen LogP contribution in [0.3, 0.4) is 0 Å². The van der Waals surface area contributed by atoms with Crippen LogP contribution in [0.4, 0.5) is 0 Å². The van der Waals surface area contributed by atoms with E-state index in [1.807, 2.05) is 4.90 Å². The Morgan fingerprint density at radius 2 is 1.52 bits per heavy atom. The fraction of sp³-hybridized carbons (Fsp3) is 0.435. The molecule has 4 rings (SSSR count). The second kappa shape index (κ2) is 10.0. The molecule has 2 heterocycles. The molecule has 0 aliphatic carbocycles. The molecule has 2 aliphatic rings. The first-order valence-electron chi connectivity index (χ1n) is 10.5. The van der Waals surface area contributed by atoms with Gasteiger partial charge in [-0.15, -0.1) is 12.4 Å². The zero-order valence-electron chi connectivity index (χ0n) is 17.7. The minimum Gasteiger partial charge on any atom is -0.457 e. The van der Waals surface area contributed by atoms with Crippen molar-refractivity contribution in [1.82, 2.24) is 9.80 Å². The van der Waals surface area contributed by atoms with Crippen LogP contribution in [-0.2, 0) is 9.84 Å². The molecular weight excluding hydrogens is 436 g/mol. The Kier molecular flexibility index (Phi) is 7.62. The molecule has 2 saturated heterocycles. The second-order valence-corrected chi connectivity index (χ2v) is 10.2. The molecule has 2 aliphatic heterocycles. The molecule has 168 valence electrons. The lowest BCUT2D eigenvalue weighted by Gasteiger charge is -2.28. The quantitative estimate of drug-likeness (QED) is 0.646. The summed E-state index contributed by atoms with van der Waals surface area (Å²) in [5.74, 6) is 1.24. The summed E-state index contributed by atoms with van der Waals surface area (Å²) in [6.45, 7) is 4.10. The molecule has 2 aromatic rings. The van der Waals surface area contributed by atoms with Crippen LogP contribution in [0.25, 0.3) is 0 Å². The van der Waals surface area contributed by atoms with Crippen molar-refractivity contribution in [3.8, 4) is 11.5 Å². The van der Waals surface area contributed by atoms with Gasteiger partial charge < -0.3 is 14.5 Å². The SMILES string of the molecule is CS(=O)(=O)c1ccc(Oc2ccc(C(=O)N3CCC[C@H]3CN3CCCC3)cc2)cc1.Cl. The first-order valence-corrected chi connectivity index (χ1v) is 12.4. The van der Waals surface area contributed by atoms with Gasteiger partial charge in [0.1, 0.15) is 11.5 Å². The average Bonchev–Trinajstić information content (AvgIpc) is 3.40. The van der Waals surface area contributed by atoms with E-state index < -0.39 is 9.84 Å². The molecule has 0 spiro atoms. The Morgan fingerprint density at radius 1 is 0.935 bits per heavy atom. The number of ether oxygens (including phenoxy) is 1. The van der Waals surface area contributed by atoms with Crippen molar-refractivity contribution in [2.24, 2.45) is 0 Å². The first-order chi connectivity index (χ1) is 14.4. The molecule has 0 N–H and O–H groups in total. The lowest BCUT2D eigenvalue weighted by Crippen LogP contribution is -2.42. The van der Waals surface area contributed by atoms with E-state index in [-0.39, 0.29) is 23.2 Å². The lowest BCUT2D eigenvalue weighted by molar-refractivity contribution is 0.0708. The summed E-state index contributed by atoms with van der Waals surface area (Å²) in [6.07, 6.45) is 5.84. The Bertz CT molecular complexity index is 987. The van der Waals surface area contributed by atoms with E-state index in [0.29, 0.717) is 23.1 Å². The molecule has 6 nitrogen and oxygen atoms in total. The van der Waals surface area contributed by atoms with Crippen molar-refractivity contribution in [2.45, 2.75) is 36.6 Å². The van der Waals surface area contributed by atoms with Gasteiger partial charge >= 0.3 is 0 Å². The van der Waals surface area contributed by atoms with E-state index >= 15 is 0 Å². The summed E-state index contributed by atoms with van der Waals surface area (Å²) in [6, 6.07) is 13.8. The fourth-order valence-corrected chi connectivity index (χ4v) is 4.91. The number of likely N-dealkylation sites (tertiary alicyclic amines) is 2. The van der Waals surface area contributed by atoms with E-state index in [0.717, 1.165) is 39.0 Å². The van der Waals surface area contributed by atoms with Gasteiger partial charge in [-0.25, -0.2) is 8.42 Å². The third-order valence-corrected chi connectivity index (χ3v) is 7.02. The van der Waals surface area contributed by atoms with Crippen LogP contribution in [-0.4, -0.2) is 62.6 Å². The number of carbonyl (C=O) groups is 1. The molecule has 1 atom stereocenters. The molecule has 0 aromatic heterocycles. The molecule has 1 amide bonds. The predicted octanol–water partition coefficient (Wildman–Crippen LogP) is 4.00. The van der Waals surface area contributed by atoms with Gasteiger partial charge in [0.2, 0.25) is 0 Å². The normalized spacial score (nSPS) is 19.3. The van der Waals surface area contributed by atoms with Crippen molar-refractivity contribution < 1.29 is 17.9 Å². The number of benzene rings is 2. The summed E-state index contributed by atoms with van der Waals surface area (Å²) in [5.41, 5.74) is 0.670. The van der Waals surface area contributed by atoms with Gasteiger partial charge in [-0.1, -0.05) is 0 Å². The summed E-state index contributed by atoms with van der Waals surface area (Å²) < 4.78 is 28.9. The Labute approximate surface area is 190 Å². The van der Waals surface area contributed by atoms with Crippen LogP contribution in [0.5, 0.6) is 11.5 Å². The van der Waals surface area contributed by atoms with Gasteiger partial charge in [0.25, 0.3) is 5.91 Å². The molecule has 2 aromatic carbocycles. The Morgan fingerprint density at radius 3 is 2.10 bits per heavy atom. The van der Waals surface area contributed by atoms with Crippen LogP contribution in [0.2, 0.25) is 0 Å². The monoisotopic (exact) mass is 464 g/mol. The third-order valence-electron chi connectivity index (χ3n) is 5.89. The Hall–Kier alpha value is -2.09. The summed E-state index contributed by atoms with van der Waals surface area (Å²) in [7, 11) is -3.23. The van der Waals surface area contributed by atoms with Gasteiger partial charge in [0.15, 0.2) is 9.84 Å². The van der Waals surface area contributed by atoms with Crippen LogP contribution < -0.4 is 4.74 Å². The van der Waals surface area contributed by atoms with E-state index in [1.165, 1.54) is 31.2 Å². The van der Waals surface area contributed by atoms with Gasteiger partial charge in [0.05, 0.1) is 4.90 Å². The smallest absolute Gasteiger partial charge is 0.254 e. The summed E-state index contributed by atoms with van der Waals surface area (Å²) >= 11 is 0. The molecule has 0 saturated carbocycles. The van der Waals surface area contributed by atoms with Crippen LogP contribution in [0.1, 0.15) is 36.0 Å². The highest BCUT2D eigenvalue weighted by Gasteiger charge is 2.31. The summed E-state index contributed by atoms with van der Waals surface area (Å²) in [4.78, 5) is 17.8. The zero-order valence-corrected chi connectivity index (χ0v) is 19.3. The number of hydrogen-bond acceptors (Lipinski definition) is 5. The number of hydrogen-bond donors (Lipinski definition) is 0. The van der Waals surface area contributed by atoms with Gasteiger partial charge in [0, 0.05) is 31.0 Å². The predicted molar refractivity (Wildman–Crippen MR) is 123 cm³/mol. The summed E-state index contributed by atoms with van der Waals surface area (Å²) in [5, 5.41) is 0. The first kappa shape index (κ1) is 23.6. The number of carbonyl (C=O) groups excluding carboxylic acids is 1. The van der Waals surface area contributed by atoms with Gasteiger partial charge in [-0.3, -0.25) is 4.79 Å². The molecule has 2 fully saturated rings. The maximum Gasteiger partial charge on any atom is 0.254 e. The van der Waals surface area contributed by atoms with E-state index in [2.05, 4.69) is 4.90 Å². The van der Waals surface area contributed by atoms with Crippen LogP contribution >= 0.6 is 12.4 Å². The van der Waals surface area contributed by atoms with Crippen molar-refractivity contribution in [1.29, 1.82) is 0 Å². The number of sulfone groups is 1. The van der Waals surface area contributed by atoms with Crippen LogP contribution in [0, 0.1) is 0 Å². The van der Waals surface area contributed by atoms with E-state index in [9.17, 15) is 13.2 Å². The third kappa shape index (κ3) is 5.79.